The van der Waals surface area contributed by atoms with E-state index in [1.54, 1.807) is 12.1 Å². The van der Waals surface area contributed by atoms with E-state index >= 15 is 0 Å². The zero-order valence-corrected chi connectivity index (χ0v) is 14.2. The number of nitrogens with zero attached hydrogens (tertiary/aromatic N) is 3. The molecular weight excluding hydrogens is 327 g/mol. The fourth-order valence-electron chi connectivity index (χ4n) is 2.58. The predicted molar refractivity (Wildman–Crippen MR) is 93.7 cm³/mol. The number of carbonyl (C=O) groups is 1. The largest absolute Gasteiger partial charge is 0.349 e. The van der Waals surface area contributed by atoms with E-state index in [4.69, 9.17) is 0 Å². The number of rotatable bonds is 4. The Morgan fingerprint density at radius 3 is 2.67 bits per heavy atom. The number of halogens is 1. The number of fused-ring (bicyclic) bond motifs is 1. The molecule has 1 aromatic carbocycles. The van der Waals surface area contributed by atoms with Gasteiger partial charge in [-0.05, 0) is 43.2 Å². The van der Waals surface area contributed by atoms with Gasteiger partial charge >= 0.3 is 0 Å². The zero-order chi connectivity index (χ0) is 16.8. The van der Waals surface area contributed by atoms with Crippen LogP contribution in [0.5, 0.6) is 0 Å². The van der Waals surface area contributed by atoms with Crippen LogP contribution in [0, 0.1) is 5.82 Å². The summed E-state index contributed by atoms with van der Waals surface area (Å²) in [5.41, 5.74) is 1.59. The van der Waals surface area contributed by atoms with Crippen molar-refractivity contribution in [3.63, 3.8) is 0 Å². The van der Waals surface area contributed by atoms with Crippen molar-refractivity contribution in [3.8, 4) is 5.69 Å². The number of carbonyl (C=O) groups excluding carboxylic acids is 1. The first-order valence-corrected chi connectivity index (χ1v) is 8.61. The highest BCUT2D eigenvalue weighted by molar-refractivity contribution is 7.20. The van der Waals surface area contributed by atoms with Gasteiger partial charge in [-0.25, -0.2) is 9.37 Å². The maximum atomic E-state index is 13.3. The van der Waals surface area contributed by atoms with Crippen molar-refractivity contribution >= 4 is 33.5 Å². The van der Waals surface area contributed by atoms with Crippen molar-refractivity contribution in [3.05, 3.63) is 41.0 Å². The Bertz CT molecular complexity index is 909. The summed E-state index contributed by atoms with van der Waals surface area (Å²) in [6.07, 6.45) is 2.11. The van der Waals surface area contributed by atoms with Gasteiger partial charge in [0, 0.05) is 20.1 Å². The molecule has 0 atom stereocenters. The third-order valence-electron chi connectivity index (χ3n) is 3.94. The summed E-state index contributed by atoms with van der Waals surface area (Å²) in [7, 11) is 3.82. The first-order valence-electron chi connectivity index (χ1n) is 7.79. The molecule has 3 aromatic rings. The zero-order valence-electron chi connectivity index (χ0n) is 13.4. The second-order valence-corrected chi connectivity index (χ2v) is 7.20. The summed E-state index contributed by atoms with van der Waals surface area (Å²) >= 11 is 1.41. The standard InChI is InChI=1S/C17H17FN4OS/c1-21(2)17-20-13-9-14(15(23)19-11-5-6-11)24-16(13)22(17)12-7-3-10(18)4-8-12/h3-4,7-9,11H,5-6H2,1-2H3,(H,19,23). The van der Waals surface area contributed by atoms with Crippen LogP contribution in [0.4, 0.5) is 10.3 Å². The Morgan fingerprint density at radius 2 is 2.04 bits per heavy atom. The normalized spacial score (nSPS) is 14.1. The number of hydrogen-bond donors (Lipinski definition) is 1. The molecule has 24 heavy (non-hydrogen) atoms. The average Bonchev–Trinajstić information content (AvgIpc) is 3.14. The predicted octanol–water partition coefficient (Wildman–Crippen LogP) is 3.18. The van der Waals surface area contributed by atoms with E-state index in [-0.39, 0.29) is 11.7 Å². The number of hydrogen-bond acceptors (Lipinski definition) is 4. The molecule has 0 radical (unpaired) electrons. The van der Waals surface area contributed by atoms with Crippen LogP contribution in [0.25, 0.3) is 16.0 Å². The molecule has 2 aromatic heterocycles. The van der Waals surface area contributed by atoms with Gasteiger partial charge in [0.15, 0.2) is 0 Å². The smallest absolute Gasteiger partial charge is 0.261 e. The minimum Gasteiger partial charge on any atom is -0.349 e. The third kappa shape index (κ3) is 2.65. The molecule has 1 fully saturated rings. The molecule has 5 nitrogen and oxygen atoms in total. The minimum absolute atomic E-state index is 0.0439. The summed E-state index contributed by atoms with van der Waals surface area (Å²) in [6, 6.07) is 8.43. The van der Waals surface area contributed by atoms with Crippen molar-refractivity contribution < 1.29 is 9.18 Å². The van der Waals surface area contributed by atoms with Crippen LogP contribution in [-0.4, -0.2) is 35.6 Å². The highest BCUT2D eigenvalue weighted by Crippen LogP contribution is 2.33. The number of thiophene rings is 1. The van der Waals surface area contributed by atoms with Crippen molar-refractivity contribution in [2.45, 2.75) is 18.9 Å². The second-order valence-electron chi connectivity index (χ2n) is 6.17. The van der Waals surface area contributed by atoms with E-state index in [1.165, 1.54) is 23.5 Å². The molecule has 1 saturated carbocycles. The van der Waals surface area contributed by atoms with E-state index in [9.17, 15) is 9.18 Å². The molecule has 7 heteroatoms. The molecule has 1 aliphatic carbocycles. The van der Waals surface area contributed by atoms with Gasteiger partial charge in [-0.1, -0.05) is 0 Å². The van der Waals surface area contributed by atoms with Crippen LogP contribution in [0.2, 0.25) is 0 Å². The minimum atomic E-state index is -0.280. The van der Waals surface area contributed by atoms with Crippen LogP contribution in [0.3, 0.4) is 0 Å². The monoisotopic (exact) mass is 344 g/mol. The number of aromatic nitrogens is 2. The summed E-state index contributed by atoms with van der Waals surface area (Å²) in [4.78, 5) is 20.3. The molecule has 0 spiro atoms. The van der Waals surface area contributed by atoms with Gasteiger partial charge < -0.3 is 10.2 Å². The Balaban J connectivity index is 1.81. The summed E-state index contributed by atoms with van der Waals surface area (Å²) in [5.74, 6) is 0.423. The fourth-order valence-corrected chi connectivity index (χ4v) is 3.60. The summed E-state index contributed by atoms with van der Waals surface area (Å²) < 4.78 is 15.2. The lowest BCUT2D eigenvalue weighted by molar-refractivity contribution is 0.0955. The summed E-state index contributed by atoms with van der Waals surface area (Å²) in [6.45, 7) is 0. The van der Waals surface area contributed by atoms with E-state index in [2.05, 4.69) is 10.3 Å². The topological polar surface area (TPSA) is 50.2 Å². The van der Waals surface area contributed by atoms with Crippen LogP contribution in [0.1, 0.15) is 22.5 Å². The van der Waals surface area contributed by atoms with E-state index in [0.29, 0.717) is 10.9 Å². The third-order valence-corrected chi connectivity index (χ3v) is 5.05. The van der Waals surface area contributed by atoms with Crippen LogP contribution in [0.15, 0.2) is 30.3 Å². The number of anilines is 1. The van der Waals surface area contributed by atoms with Gasteiger partial charge in [0.05, 0.1) is 10.6 Å². The SMILES string of the molecule is CN(C)c1nc2cc(C(=O)NC3CC3)sc2n1-c1ccc(F)cc1. The average molecular weight is 344 g/mol. The lowest BCUT2D eigenvalue weighted by atomic mass is 10.3. The number of benzene rings is 1. The van der Waals surface area contributed by atoms with Gasteiger partial charge in [0.2, 0.25) is 5.95 Å². The molecule has 1 amide bonds. The van der Waals surface area contributed by atoms with Crippen molar-refractivity contribution in [2.24, 2.45) is 0 Å². The van der Waals surface area contributed by atoms with Crippen LogP contribution < -0.4 is 10.2 Å². The Labute approximate surface area is 142 Å². The van der Waals surface area contributed by atoms with Crippen LogP contribution >= 0.6 is 11.3 Å². The molecule has 1 N–H and O–H groups in total. The lowest BCUT2D eigenvalue weighted by Crippen LogP contribution is -2.24. The van der Waals surface area contributed by atoms with Gasteiger partial charge in [-0.2, -0.15) is 0 Å². The summed E-state index contributed by atoms with van der Waals surface area (Å²) in [5, 5.41) is 3.00. The first-order chi connectivity index (χ1) is 11.5. The number of amides is 1. The first kappa shape index (κ1) is 15.1. The van der Waals surface area contributed by atoms with Gasteiger partial charge in [-0.3, -0.25) is 9.36 Å². The Kier molecular flexibility index (Phi) is 3.53. The van der Waals surface area contributed by atoms with E-state index < -0.39 is 0 Å². The molecule has 1 aliphatic rings. The lowest BCUT2D eigenvalue weighted by Gasteiger charge is -2.14. The maximum absolute atomic E-state index is 13.3. The molecule has 4 rings (SSSR count). The van der Waals surface area contributed by atoms with Gasteiger partial charge in [0.25, 0.3) is 5.91 Å². The van der Waals surface area contributed by atoms with Gasteiger partial charge in [0.1, 0.15) is 16.2 Å². The molecule has 0 aliphatic heterocycles. The van der Waals surface area contributed by atoms with E-state index in [1.807, 2.05) is 29.6 Å². The Morgan fingerprint density at radius 1 is 1.33 bits per heavy atom. The van der Waals surface area contributed by atoms with Crippen molar-refractivity contribution in [1.29, 1.82) is 0 Å². The molecule has 0 bridgehead atoms. The number of imidazole rings is 1. The molecule has 124 valence electrons. The second kappa shape index (κ2) is 5.59. The maximum Gasteiger partial charge on any atom is 0.261 e. The van der Waals surface area contributed by atoms with Crippen molar-refractivity contribution in [2.75, 3.05) is 19.0 Å². The molecule has 2 heterocycles. The van der Waals surface area contributed by atoms with Crippen molar-refractivity contribution in [1.82, 2.24) is 14.9 Å². The highest BCUT2D eigenvalue weighted by atomic mass is 32.1. The van der Waals surface area contributed by atoms with Crippen LogP contribution in [-0.2, 0) is 0 Å². The molecule has 0 saturated heterocycles. The quantitative estimate of drug-likeness (QED) is 0.791. The van der Waals surface area contributed by atoms with E-state index in [0.717, 1.165) is 34.8 Å². The molecular formula is C17H17FN4OS. The molecule has 0 unspecified atom stereocenters. The highest BCUT2D eigenvalue weighted by Gasteiger charge is 2.26. The fraction of sp³-hybridized carbons (Fsp3) is 0.294. The number of nitrogens with one attached hydrogen (secondary N) is 1. The Hall–Kier alpha value is -2.41. The van der Waals surface area contributed by atoms with Gasteiger partial charge in [-0.15, -0.1) is 11.3 Å².